The highest BCUT2D eigenvalue weighted by Gasteiger charge is 2.20. The molecule has 0 amide bonds. The van der Waals surface area contributed by atoms with Crippen molar-refractivity contribution in [3.8, 4) is 5.75 Å². The number of hydrogen-bond donors (Lipinski definition) is 1. The van der Waals surface area contributed by atoms with Gasteiger partial charge in [0.2, 0.25) is 0 Å². The minimum absolute atomic E-state index is 0.0382. The van der Waals surface area contributed by atoms with E-state index in [-0.39, 0.29) is 11.4 Å². The Labute approximate surface area is 85.8 Å². The van der Waals surface area contributed by atoms with Gasteiger partial charge in [0.05, 0.1) is 5.56 Å². The molecule has 0 aliphatic heterocycles. The second-order valence-electron chi connectivity index (χ2n) is 3.10. The molecule has 1 aromatic rings. The second kappa shape index (κ2) is 4.25. The normalized spacial score (nSPS) is 10.5. The van der Waals surface area contributed by atoms with Crippen molar-refractivity contribution in [2.45, 2.75) is 20.3 Å². The lowest BCUT2D eigenvalue weighted by Gasteiger charge is -2.12. The average Bonchev–Trinajstić information content (AvgIpc) is 2.10. The third kappa shape index (κ3) is 2.43. The van der Waals surface area contributed by atoms with Crippen LogP contribution in [0.3, 0.4) is 0 Å². The number of halogens is 2. The lowest BCUT2D eigenvalue weighted by Crippen LogP contribution is -2.07. The Kier molecular flexibility index (Phi) is 3.24. The van der Waals surface area contributed by atoms with Gasteiger partial charge in [-0.3, -0.25) is 4.79 Å². The molecule has 0 saturated carbocycles. The maximum Gasteiger partial charge on any atom is 0.308 e. The molecular weight excluding hydrogens is 204 g/mol. The SMILES string of the molecule is CC(=O)Oc1ccc(C)c(N)c1C(F)F. The summed E-state index contributed by atoms with van der Waals surface area (Å²) in [4.78, 5) is 10.7. The molecule has 3 nitrogen and oxygen atoms in total. The second-order valence-corrected chi connectivity index (χ2v) is 3.10. The van der Waals surface area contributed by atoms with Gasteiger partial charge in [0.25, 0.3) is 6.43 Å². The van der Waals surface area contributed by atoms with Crippen LogP contribution in [-0.2, 0) is 4.79 Å². The van der Waals surface area contributed by atoms with Gasteiger partial charge in [-0.2, -0.15) is 0 Å². The lowest BCUT2D eigenvalue weighted by molar-refractivity contribution is -0.132. The number of nitrogens with two attached hydrogens (primary N) is 1. The summed E-state index contributed by atoms with van der Waals surface area (Å²) in [6.07, 6.45) is -2.76. The quantitative estimate of drug-likeness (QED) is 0.468. The Balaban J connectivity index is 3.26. The van der Waals surface area contributed by atoms with Crippen LogP contribution in [0.2, 0.25) is 0 Å². The first kappa shape index (κ1) is 11.4. The zero-order valence-electron chi connectivity index (χ0n) is 8.38. The molecule has 0 saturated heterocycles. The molecule has 0 spiro atoms. The van der Waals surface area contributed by atoms with Crippen LogP contribution in [0.4, 0.5) is 14.5 Å². The van der Waals surface area contributed by atoms with Gasteiger partial charge >= 0.3 is 5.97 Å². The zero-order chi connectivity index (χ0) is 11.6. The molecule has 0 fully saturated rings. The lowest BCUT2D eigenvalue weighted by atomic mass is 10.1. The number of esters is 1. The molecule has 2 N–H and O–H groups in total. The number of rotatable bonds is 2. The number of ether oxygens (including phenoxy) is 1. The number of aryl methyl sites for hydroxylation is 1. The topological polar surface area (TPSA) is 52.3 Å². The van der Waals surface area contributed by atoms with Crippen LogP contribution in [-0.4, -0.2) is 5.97 Å². The van der Waals surface area contributed by atoms with Crippen molar-refractivity contribution in [3.63, 3.8) is 0 Å². The fourth-order valence-corrected chi connectivity index (χ4v) is 1.19. The molecular formula is C10H11F2NO2. The number of nitrogen functional groups attached to an aromatic ring is 1. The smallest absolute Gasteiger partial charge is 0.308 e. The van der Waals surface area contributed by atoms with Crippen molar-refractivity contribution < 1.29 is 18.3 Å². The van der Waals surface area contributed by atoms with Crippen LogP contribution < -0.4 is 10.5 Å². The van der Waals surface area contributed by atoms with E-state index >= 15 is 0 Å². The van der Waals surface area contributed by atoms with Gasteiger partial charge in [-0.05, 0) is 18.6 Å². The fourth-order valence-electron chi connectivity index (χ4n) is 1.19. The van der Waals surface area contributed by atoms with Crippen molar-refractivity contribution in [2.24, 2.45) is 0 Å². The highest BCUT2D eigenvalue weighted by atomic mass is 19.3. The molecule has 15 heavy (non-hydrogen) atoms. The number of carbonyl (C=O) groups is 1. The Morgan fingerprint density at radius 3 is 2.53 bits per heavy atom. The summed E-state index contributed by atoms with van der Waals surface area (Å²) in [6, 6.07) is 2.84. The van der Waals surface area contributed by atoms with Crippen LogP contribution in [0.1, 0.15) is 24.5 Å². The molecule has 0 unspecified atom stereocenters. The van der Waals surface area contributed by atoms with Crippen molar-refractivity contribution in [3.05, 3.63) is 23.3 Å². The Hall–Kier alpha value is -1.65. The Morgan fingerprint density at radius 2 is 2.07 bits per heavy atom. The molecule has 5 heteroatoms. The van der Waals surface area contributed by atoms with E-state index in [4.69, 9.17) is 5.73 Å². The number of anilines is 1. The van der Waals surface area contributed by atoms with Crippen LogP contribution in [0.5, 0.6) is 5.75 Å². The molecule has 0 aromatic heterocycles. The summed E-state index contributed by atoms with van der Waals surface area (Å²) in [6.45, 7) is 2.75. The molecule has 0 radical (unpaired) electrons. The van der Waals surface area contributed by atoms with Crippen molar-refractivity contribution >= 4 is 11.7 Å². The van der Waals surface area contributed by atoms with Crippen LogP contribution in [0.25, 0.3) is 0 Å². The average molecular weight is 215 g/mol. The summed E-state index contributed by atoms with van der Waals surface area (Å²) < 4.78 is 29.9. The Bertz CT molecular complexity index is 391. The summed E-state index contributed by atoms with van der Waals surface area (Å²) in [5.74, 6) is -0.833. The largest absolute Gasteiger partial charge is 0.426 e. The summed E-state index contributed by atoms with van der Waals surface area (Å²) in [7, 11) is 0. The monoisotopic (exact) mass is 215 g/mol. The molecule has 0 heterocycles. The van der Waals surface area contributed by atoms with E-state index in [1.54, 1.807) is 6.92 Å². The minimum atomic E-state index is -2.76. The third-order valence-corrected chi connectivity index (χ3v) is 1.94. The molecule has 82 valence electrons. The van der Waals surface area contributed by atoms with Gasteiger partial charge in [-0.25, -0.2) is 8.78 Å². The number of alkyl halides is 2. The number of benzene rings is 1. The summed E-state index contributed by atoms with van der Waals surface area (Å²) in [5.41, 5.74) is 5.55. The highest BCUT2D eigenvalue weighted by molar-refractivity contribution is 5.71. The highest BCUT2D eigenvalue weighted by Crippen LogP contribution is 2.35. The molecule has 0 aliphatic rings. The van der Waals surface area contributed by atoms with Crippen molar-refractivity contribution in [1.29, 1.82) is 0 Å². The zero-order valence-corrected chi connectivity index (χ0v) is 8.38. The van der Waals surface area contributed by atoms with Crippen LogP contribution in [0.15, 0.2) is 12.1 Å². The number of carbonyl (C=O) groups excluding carboxylic acids is 1. The predicted molar refractivity (Wildman–Crippen MR) is 51.9 cm³/mol. The third-order valence-electron chi connectivity index (χ3n) is 1.94. The standard InChI is InChI=1S/C10H11F2NO2/c1-5-3-4-7(15-6(2)14)8(9(5)13)10(11)12/h3-4,10H,13H2,1-2H3. The van der Waals surface area contributed by atoms with Gasteiger partial charge in [-0.1, -0.05) is 6.07 Å². The van der Waals surface area contributed by atoms with Gasteiger partial charge in [0.15, 0.2) is 0 Å². The van der Waals surface area contributed by atoms with Crippen LogP contribution in [0, 0.1) is 6.92 Å². The fraction of sp³-hybridized carbons (Fsp3) is 0.300. The molecule has 1 aromatic carbocycles. The number of hydrogen-bond acceptors (Lipinski definition) is 3. The van der Waals surface area contributed by atoms with E-state index in [0.29, 0.717) is 5.56 Å². The molecule has 0 aliphatic carbocycles. The molecule has 1 rings (SSSR count). The van der Waals surface area contributed by atoms with E-state index in [0.717, 1.165) is 6.92 Å². The maximum atomic E-state index is 12.6. The van der Waals surface area contributed by atoms with Gasteiger partial charge in [0, 0.05) is 12.6 Å². The van der Waals surface area contributed by atoms with E-state index in [1.807, 2.05) is 0 Å². The van der Waals surface area contributed by atoms with Gasteiger partial charge in [-0.15, -0.1) is 0 Å². The molecule has 0 bridgehead atoms. The first-order valence-corrected chi connectivity index (χ1v) is 4.29. The van der Waals surface area contributed by atoms with E-state index in [1.165, 1.54) is 12.1 Å². The first-order chi connectivity index (χ1) is 6.93. The first-order valence-electron chi connectivity index (χ1n) is 4.29. The minimum Gasteiger partial charge on any atom is -0.426 e. The van der Waals surface area contributed by atoms with E-state index in [9.17, 15) is 13.6 Å². The Morgan fingerprint density at radius 1 is 1.47 bits per heavy atom. The van der Waals surface area contributed by atoms with Crippen molar-refractivity contribution in [2.75, 3.05) is 5.73 Å². The summed E-state index contributed by atoms with van der Waals surface area (Å²) >= 11 is 0. The predicted octanol–water partition coefficient (Wildman–Crippen LogP) is 2.44. The summed E-state index contributed by atoms with van der Waals surface area (Å²) in [5, 5.41) is 0. The maximum absolute atomic E-state index is 12.6. The molecule has 0 atom stereocenters. The van der Waals surface area contributed by atoms with E-state index in [2.05, 4.69) is 4.74 Å². The van der Waals surface area contributed by atoms with Gasteiger partial charge < -0.3 is 10.5 Å². The van der Waals surface area contributed by atoms with Crippen LogP contribution >= 0.6 is 0 Å². The van der Waals surface area contributed by atoms with Crippen molar-refractivity contribution in [1.82, 2.24) is 0 Å². The van der Waals surface area contributed by atoms with E-state index < -0.39 is 18.0 Å². The van der Waals surface area contributed by atoms with Gasteiger partial charge in [0.1, 0.15) is 5.75 Å².